The van der Waals surface area contributed by atoms with Crippen LogP contribution in [-0.4, -0.2) is 66.4 Å². The summed E-state index contributed by atoms with van der Waals surface area (Å²) in [5, 5.41) is 8.51. The van der Waals surface area contributed by atoms with Gasteiger partial charge in [0, 0.05) is 24.0 Å². The molecule has 44 heavy (non-hydrogen) atoms. The maximum atomic E-state index is 13.7. The summed E-state index contributed by atoms with van der Waals surface area (Å²) < 4.78 is 5.31. The second-order valence-electron chi connectivity index (χ2n) is 12.1. The molecule has 0 saturated carbocycles. The first kappa shape index (κ1) is 35.0. The van der Waals surface area contributed by atoms with Crippen LogP contribution in [0.15, 0.2) is 54.7 Å². The molecule has 240 valence electrons. The number of ether oxygens (including phenoxy) is 1. The number of nitrogens with one attached hydrogen (secondary N) is 2. The van der Waals surface area contributed by atoms with Crippen LogP contribution < -0.4 is 21.1 Å². The van der Waals surface area contributed by atoms with Gasteiger partial charge in [-0.1, -0.05) is 64.4 Å². The monoisotopic (exact) mass is 603 g/mol. The van der Waals surface area contributed by atoms with E-state index < -0.39 is 6.04 Å². The van der Waals surface area contributed by atoms with Gasteiger partial charge in [-0.25, -0.2) is 4.98 Å². The maximum Gasteiger partial charge on any atom is 0.237 e. The SMILES string of the molecule is C.COc1ccc(C[C@H](NC(=O)[C@@H](CCCCN2CCCCC2)NC(C)C)C(=O)CCc2ccc3c(N)nccc3c2)cc1. The van der Waals surface area contributed by atoms with Gasteiger partial charge in [-0.15, -0.1) is 0 Å². The number of fused-ring (bicyclic) bond motifs is 1. The average molecular weight is 604 g/mol. The van der Waals surface area contributed by atoms with Crippen LogP contribution in [0.2, 0.25) is 0 Å². The molecule has 3 aromatic rings. The number of methoxy groups -OCH3 is 1. The second kappa shape index (κ2) is 17.7. The highest BCUT2D eigenvalue weighted by Crippen LogP contribution is 2.21. The van der Waals surface area contributed by atoms with E-state index in [9.17, 15) is 9.59 Å². The number of aromatic nitrogens is 1. The Labute approximate surface area is 264 Å². The number of carbonyl (C=O) groups is 2. The molecule has 1 aliphatic heterocycles. The van der Waals surface area contributed by atoms with Crippen molar-refractivity contribution in [1.29, 1.82) is 0 Å². The average Bonchev–Trinajstić information content (AvgIpc) is 3.01. The molecular weight excluding hydrogens is 550 g/mol. The Hall–Kier alpha value is -3.49. The van der Waals surface area contributed by atoms with Gasteiger partial charge >= 0.3 is 0 Å². The molecule has 2 heterocycles. The van der Waals surface area contributed by atoms with Gasteiger partial charge in [-0.3, -0.25) is 9.59 Å². The predicted molar refractivity (Wildman–Crippen MR) is 181 cm³/mol. The highest BCUT2D eigenvalue weighted by molar-refractivity contribution is 5.92. The van der Waals surface area contributed by atoms with Crippen LogP contribution in [0.4, 0.5) is 5.82 Å². The van der Waals surface area contributed by atoms with E-state index in [0.717, 1.165) is 53.5 Å². The minimum absolute atomic E-state index is 0. The van der Waals surface area contributed by atoms with Crippen molar-refractivity contribution in [1.82, 2.24) is 20.5 Å². The molecule has 0 radical (unpaired) electrons. The van der Waals surface area contributed by atoms with Gasteiger partial charge < -0.3 is 26.0 Å². The van der Waals surface area contributed by atoms with Gasteiger partial charge in [0.25, 0.3) is 0 Å². The van der Waals surface area contributed by atoms with Crippen molar-refractivity contribution in [3.05, 3.63) is 65.9 Å². The Morgan fingerprint density at radius 3 is 2.41 bits per heavy atom. The standard InChI is InChI=1S/C35H49N5O3.CH4/c1-25(2)38-31(9-5-8-22-40-20-6-4-7-21-40)35(42)39-32(24-27-10-14-29(43-3)15-11-27)33(41)17-13-26-12-16-30-28(23-26)18-19-37-34(30)36;/h10-12,14-16,18-19,23,25,31-32,38H,4-9,13,17,20-22,24H2,1-3H3,(H2,36,37)(H,39,42);1H4/t31-,32+;/m1./s1. The molecular formula is C36H53N5O3. The zero-order valence-corrected chi connectivity index (χ0v) is 26.1. The van der Waals surface area contributed by atoms with Gasteiger partial charge in [0.15, 0.2) is 5.78 Å². The van der Waals surface area contributed by atoms with Crippen molar-refractivity contribution in [2.45, 2.75) is 97.2 Å². The topological polar surface area (TPSA) is 110 Å². The molecule has 1 aliphatic rings. The van der Waals surface area contributed by atoms with Gasteiger partial charge in [-0.05, 0) is 92.9 Å². The minimum atomic E-state index is -0.619. The number of nitrogen functional groups attached to an aromatic ring is 1. The highest BCUT2D eigenvalue weighted by atomic mass is 16.5. The van der Waals surface area contributed by atoms with E-state index in [1.165, 1.54) is 32.4 Å². The summed E-state index contributed by atoms with van der Waals surface area (Å²) in [6.45, 7) is 7.58. The van der Waals surface area contributed by atoms with E-state index in [0.29, 0.717) is 25.1 Å². The number of carbonyl (C=O) groups excluding carboxylic acids is 2. The molecule has 8 nitrogen and oxygen atoms in total. The number of aryl methyl sites for hydroxylation is 1. The summed E-state index contributed by atoms with van der Waals surface area (Å²) in [6.07, 6.45) is 9.73. The quantitative estimate of drug-likeness (QED) is 0.180. The second-order valence-corrected chi connectivity index (χ2v) is 12.1. The van der Waals surface area contributed by atoms with Crippen molar-refractivity contribution < 1.29 is 14.3 Å². The molecule has 0 bridgehead atoms. The first-order valence-electron chi connectivity index (χ1n) is 15.9. The molecule has 8 heteroatoms. The number of amides is 1. The molecule has 1 saturated heterocycles. The summed E-state index contributed by atoms with van der Waals surface area (Å²) >= 11 is 0. The summed E-state index contributed by atoms with van der Waals surface area (Å²) in [6, 6.07) is 14.8. The Morgan fingerprint density at radius 2 is 1.70 bits per heavy atom. The summed E-state index contributed by atoms with van der Waals surface area (Å²) in [7, 11) is 1.63. The predicted octanol–water partition coefficient (Wildman–Crippen LogP) is 5.71. The van der Waals surface area contributed by atoms with E-state index >= 15 is 0 Å². The van der Waals surface area contributed by atoms with E-state index in [4.69, 9.17) is 10.5 Å². The third-order valence-electron chi connectivity index (χ3n) is 8.34. The fraction of sp³-hybridized carbons (Fsp3) is 0.528. The normalized spacial score (nSPS) is 15.0. The van der Waals surface area contributed by atoms with Crippen LogP contribution in [0, 0.1) is 0 Å². The Balaban J connectivity index is 0.00000529. The van der Waals surface area contributed by atoms with Crippen molar-refractivity contribution in [2.75, 3.05) is 32.5 Å². The third-order valence-corrected chi connectivity index (χ3v) is 8.34. The van der Waals surface area contributed by atoms with Crippen LogP contribution in [0.3, 0.4) is 0 Å². The van der Waals surface area contributed by atoms with E-state index in [2.05, 4.69) is 40.4 Å². The number of benzene rings is 2. The summed E-state index contributed by atoms with van der Waals surface area (Å²) in [4.78, 5) is 34.0. The minimum Gasteiger partial charge on any atom is -0.497 e. The third kappa shape index (κ3) is 10.6. The lowest BCUT2D eigenvalue weighted by molar-refractivity contribution is -0.129. The number of piperidine rings is 1. The number of ketones is 1. The number of nitrogens with two attached hydrogens (primary N) is 1. The summed E-state index contributed by atoms with van der Waals surface area (Å²) in [5.41, 5.74) is 8.04. The lowest BCUT2D eigenvalue weighted by Gasteiger charge is -2.27. The number of nitrogens with zero attached hydrogens (tertiary/aromatic N) is 2. The Bertz CT molecular complexity index is 1320. The zero-order valence-electron chi connectivity index (χ0n) is 26.1. The van der Waals surface area contributed by atoms with E-state index in [1.54, 1.807) is 13.3 Å². The fourth-order valence-corrected chi connectivity index (χ4v) is 5.92. The number of Topliss-reactive ketones (excluding diaryl/α,β-unsaturated/α-hetero) is 1. The van der Waals surface area contributed by atoms with Gasteiger partial charge in [0.1, 0.15) is 11.6 Å². The number of hydrogen-bond acceptors (Lipinski definition) is 7. The fourth-order valence-electron chi connectivity index (χ4n) is 5.92. The molecule has 1 aromatic heterocycles. The highest BCUT2D eigenvalue weighted by Gasteiger charge is 2.26. The van der Waals surface area contributed by atoms with Crippen LogP contribution in [0.5, 0.6) is 5.75 Å². The van der Waals surface area contributed by atoms with Gasteiger partial charge in [0.05, 0.1) is 19.2 Å². The molecule has 4 rings (SSSR count). The number of hydrogen-bond donors (Lipinski definition) is 3. The Kier molecular flexibility index (Phi) is 14.1. The smallest absolute Gasteiger partial charge is 0.237 e. The van der Waals surface area contributed by atoms with Crippen molar-refractivity contribution in [2.24, 2.45) is 0 Å². The van der Waals surface area contributed by atoms with Gasteiger partial charge in [-0.2, -0.15) is 0 Å². The molecule has 1 fully saturated rings. The molecule has 2 aromatic carbocycles. The first-order valence-corrected chi connectivity index (χ1v) is 15.9. The molecule has 1 amide bonds. The lowest BCUT2D eigenvalue weighted by Crippen LogP contribution is -2.52. The number of likely N-dealkylation sites (tertiary alicyclic amines) is 1. The number of anilines is 1. The van der Waals surface area contributed by atoms with Crippen LogP contribution in [0.1, 0.15) is 77.3 Å². The van der Waals surface area contributed by atoms with E-state index in [-0.39, 0.29) is 31.2 Å². The van der Waals surface area contributed by atoms with Crippen molar-refractivity contribution in [3.63, 3.8) is 0 Å². The van der Waals surface area contributed by atoms with Crippen LogP contribution in [-0.2, 0) is 22.4 Å². The van der Waals surface area contributed by atoms with Crippen LogP contribution >= 0.6 is 0 Å². The lowest BCUT2D eigenvalue weighted by atomic mass is 9.96. The largest absolute Gasteiger partial charge is 0.497 e. The first-order chi connectivity index (χ1) is 20.8. The van der Waals surface area contributed by atoms with Gasteiger partial charge in [0.2, 0.25) is 5.91 Å². The number of unbranched alkanes of at least 4 members (excludes halogenated alkanes) is 1. The van der Waals surface area contributed by atoms with Crippen molar-refractivity contribution in [3.8, 4) is 5.75 Å². The Morgan fingerprint density at radius 1 is 0.977 bits per heavy atom. The maximum absolute atomic E-state index is 13.7. The molecule has 0 aliphatic carbocycles. The summed E-state index contributed by atoms with van der Waals surface area (Å²) in [5.74, 6) is 1.17. The molecule has 0 unspecified atom stereocenters. The number of rotatable bonds is 16. The van der Waals surface area contributed by atoms with Crippen LogP contribution in [0.25, 0.3) is 10.8 Å². The zero-order chi connectivity index (χ0) is 30.6. The van der Waals surface area contributed by atoms with Crippen molar-refractivity contribution >= 4 is 28.3 Å². The number of pyridine rings is 1. The van der Waals surface area contributed by atoms with E-state index in [1.807, 2.05) is 42.5 Å². The molecule has 4 N–H and O–H groups in total. The molecule has 0 spiro atoms. The molecule has 2 atom stereocenters.